The topological polar surface area (TPSA) is 79.3 Å². The van der Waals surface area contributed by atoms with Gasteiger partial charge in [-0.2, -0.15) is 10.2 Å². The first kappa shape index (κ1) is 14.7. The molecule has 0 bridgehead atoms. The summed E-state index contributed by atoms with van der Waals surface area (Å²) in [6.07, 6.45) is 7.67. The van der Waals surface area contributed by atoms with Gasteiger partial charge in [-0.25, -0.2) is 0 Å². The molecule has 2 atom stereocenters. The number of amides is 2. The maximum atomic E-state index is 12.7. The van der Waals surface area contributed by atoms with E-state index in [1.54, 1.807) is 18.5 Å². The van der Waals surface area contributed by atoms with Crippen LogP contribution in [0.4, 0.5) is 0 Å². The van der Waals surface area contributed by atoms with Crippen molar-refractivity contribution in [3.05, 3.63) is 54.1 Å². The largest absolute Gasteiger partial charge is 0.333 e. The molecule has 7 nitrogen and oxygen atoms in total. The number of carbonyl (C=O) groups is 2. The smallest absolute Gasteiger partial charge is 0.255 e. The molecule has 24 heavy (non-hydrogen) atoms. The number of fused-ring (bicyclic) bond motifs is 1. The van der Waals surface area contributed by atoms with Gasteiger partial charge in [0.2, 0.25) is 5.91 Å². The Balaban J connectivity index is 1.52. The molecule has 4 rings (SSSR count). The fourth-order valence-electron chi connectivity index (χ4n) is 3.66. The number of nitrogens with zero attached hydrogens (tertiary/aromatic N) is 5. The second-order valence-corrected chi connectivity index (χ2v) is 6.14. The summed E-state index contributed by atoms with van der Waals surface area (Å²) in [7, 11) is 0. The molecule has 2 saturated heterocycles. The summed E-state index contributed by atoms with van der Waals surface area (Å²) in [6.45, 7) is 1.21. The Labute approximate surface area is 139 Å². The lowest BCUT2D eigenvalue weighted by Gasteiger charge is -2.25. The molecule has 2 aliphatic rings. The second-order valence-electron chi connectivity index (χ2n) is 6.14. The van der Waals surface area contributed by atoms with Gasteiger partial charge in [0.15, 0.2) is 0 Å². The minimum atomic E-state index is -0.0755. The summed E-state index contributed by atoms with van der Waals surface area (Å²) < 4.78 is 0. The molecule has 0 radical (unpaired) electrons. The lowest BCUT2D eigenvalue weighted by molar-refractivity contribution is -0.129. The van der Waals surface area contributed by atoms with E-state index < -0.39 is 0 Å². The predicted molar refractivity (Wildman–Crippen MR) is 84.7 cm³/mol. The van der Waals surface area contributed by atoms with E-state index in [1.807, 2.05) is 21.9 Å². The molecule has 0 unspecified atom stereocenters. The Hall–Kier alpha value is -2.83. The third kappa shape index (κ3) is 2.51. The highest BCUT2D eigenvalue weighted by molar-refractivity contribution is 5.95. The van der Waals surface area contributed by atoms with Crippen molar-refractivity contribution in [3.63, 3.8) is 0 Å². The molecule has 122 valence electrons. The van der Waals surface area contributed by atoms with Crippen LogP contribution in [0.5, 0.6) is 0 Å². The van der Waals surface area contributed by atoms with Gasteiger partial charge in [-0.05, 0) is 24.1 Å². The van der Waals surface area contributed by atoms with Gasteiger partial charge in [0.05, 0.1) is 30.0 Å². The molecule has 2 fully saturated rings. The van der Waals surface area contributed by atoms with E-state index >= 15 is 0 Å². The van der Waals surface area contributed by atoms with Crippen LogP contribution in [0.25, 0.3) is 0 Å². The minimum Gasteiger partial charge on any atom is -0.333 e. The van der Waals surface area contributed by atoms with Gasteiger partial charge < -0.3 is 9.80 Å². The van der Waals surface area contributed by atoms with E-state index in [-0.39, 0.29) is 23.9 Å². The minimum absolute atomic E-state index is 0.0603. The van der Waals surface area contributed by atoms with Crippen molar-refractivity contribution in [1.29, 1.82) is 0 Å². The molecule has 4 heterocycles. The Kier molecular flexibility index (Phi) is 3.68. The standard InChI is InChI=1S/C17H17N5O2/c23-16-8-15-14(22(16)11-12-2-1-5-18-9-12)4-7-21(15)17(24)13-3-6-19-20-10-13/h1-3,5-6,9-10,14-15H,4,7-8,11H2/t14-,15-/m1/s1. The third-order valence-electron chi connectivity index (χ3n) is 4.78. The first-order valence-corrected chi connectivity index (χ1v) is 8.00. The van der Waals surface area contributed by atoms with Gasteiger partial charge in [0, 0.05) is 31.9 Å². The van der Waals surface area contributed by atoms with E-state index in [2.05, 4.69) is 15.2 Å². The average molecular weight is 323 g/mol. The summed E-state index contributed by atoms with van der Waals surface area (Å²) in [5.41, 5.74) is 1.53. The summed E-state index contributed by atoms with van der Waals surface area (Å²) in [6, 6.07) is 5.51. The number of hydrogen-bond acceptors (Lipinski definition) is 5. The molecule has 2 aliphatic heterocycles. The van der Waals surface area contributed by atoms with E-state index in [0.717, 1.165) is 12.0 Å². The van der Waals surface area contributed by atoms with Crippen LogP contribution < -0.4 is 0 Å². The monoisotopic (exact) mass is 323 g/mol. The molecule has 0 aliphatic carbocycles. The lowest BCUT2D eigenvalue weighted by atomic mass is 10.1. The van der Waals surface area contributed by atoms with Crippen molar-refractivity contribution in [2.24, 2.45) is 0 Å². The van der Waals surface area contributed by atoms with Gasteiger partial charge in [-0.15, -0.1) is 0 Å². The second kappa shape index (κ2) is 5.99. The Morgan fingerprint density at radius 1 is 1.17 bits per heavy atom. The molecule has 2 aromatic rings. The van der Waals surface area contributed by atoms with Crippen molar-refractivity contribution < 1.29 is 9.59 Å². The predicted octanol–water partition coefficient (Wildman–Crippen LogP) is 0.887. The van der Waals surface area contributed by atoms with Crippen molar-refractivity contribution in [2.45, 2.75) is 31.5 Å². The summed E-state index contributed by atoms with van der Waals surface area (Å²) in [4.78, 5) is 32.9. The zero-order chi connectivity index (χ0) is 16.5. The van der Waals surface area contributed by atoms with Gasteiger partial charge >= 0.3 is 0 Å². The van der Waals surface area contributed by atoms with Gasteiger partial charge in [-0.3, -0.25) is 14.6 Å². The molecule has 2 aromatic heterocycles. The van der Waals surface area contributed by atoms with Crippen LogP contribution >= 0.6 is 0 Å². The number of aromatic nitrogens is 3. The maximum Gasteiger partial charge on any atom is 0.255 e. The highest BCUT2D eigenvalue weighted by Crippen LogP contribution is 2.34. The van der Waals surface area contributed by atoms with Crippen LogP contribution in [0.15, 0.2) is 43.0 Å². The average Bonchev–Trinajstić information content (AvgIpc) is 3.16. The van der Waals surface area contributed by atoms with Crippen molar-refractivity contribution >= 4 is 11.8 Å². The van der Waals surface area contributed by atoms with Crippen LogP contribution in [0.3, 0.4) is 0 Å². The first-order chi connectivity index (χ1) is 11.7. The van der Waals surface area contributed by atoms with Crippen LogP contribution in [-0.4, -0.2) is 55.4 Å². The van der Waals surface area contributed by atoms with E-state index in [9.17, 15) is 9.59 Å². The van der Waals surface area contributed by atoms with Crippen LogP contribution in [0, 0.1) is 0 Å². The molecular weight excluding hydrogens is 306 g/mol. The van der Waals surface area contributed by atoms with Crippen molar-refractivity contribution in [3.8, 4) is 0 Å². The maximum absolute atomic E-state index is 12.7. The zero-order valence-electron chi connectivity index (χ0n) is 13.1. The van der Waals surface area contributed by atoms with Gasteiger partial charge in [-0.1, -0.05) is 6.07 Å². The Morgan fingerprint density at radius 2 is 2.08 bits per heavy atom. The number of rotatable bonds is 3. The van der Waals surface area contributed by atoms with Gasteiger partial charge in [0.1, 0.15) is 0 Å². The first-order valence-electron chi connectivity index (χ1n) is 8.00. The zero-order valence-corrected chi connectivity index (χ0v) is 13.1. The fourth-order valence-corrected chi connectivity index (χ4v) is 3.66. The molecule has 0 N–H and O–H groups in total. The molecule has 2 amide bonds. The molecule has 0 saturated carbocycles. The molecule has 0 aromatic carbocycles. The lowest BCUT2D eigenvalue weighted by Crippen LogP contribution is -2.39. The molecular formula is C17H17N5O2. The third-order valence-corrected chi connectivity index (χ3v) is 4.78. The summed E-state index contributed by atoms with van der Waals surface area (Å²) in [5, 5.41) is 7.47. The fraction of sp³-hybridized carbons (Fsp3) is 0.353. The quantitative estimate of drug-likeness (QED) is 0.838. The van der Waals surface area contributed by atoms with Crippen molar-refractivity contribution in [1.82, 2.24) is 25.0 Å². The Morgan fingerprint density at radius 3 is 2.83 bits per heavy atom. The molecule has 0 spiro atoms. The van der Waals surface area contributed by atoms with E-state index in [0.29, 0.717) is 25.1 Å². The number of likely N-dealkylation sites (tertiary alicyclic amines) is 2. The number of hydrogen-bond donors (Lipinski definition) is 0. The van der Waals surface area contributed by atoms with Crippen LogP contribution in [-0.2, 0) is 11.3 Å². The molecule has 7 heteroatoms. The summed E-state index contributed by atoms with van der Waals surface area (Å²) in [5.74, 6) is 0.0210. The summed E-state index contributed by atoms with van der Waals surface area (Å²) >= 11 is 0. The van der Waals surface area contributed by atoms with Gasteiger partial charge in [0.25, 0.3) is 5.91 Å². The highest BCUT2D eigenvalue weighted by Gasteiger charge is 2.48. The van der Waals surface area contributed by atoms with Crippen LogP contribution in [0.1, 0.15) is 28.8 Å². The Bertz CT molecular complexity index is 752. The highest BCUT2D eigenvalue weighted by atomic mass is 16.2. The normalized spacial score (nSPS) is 22.8. The number of pyridine rings is 1. The van der Waals surface area contributed by atoms with Crippen molar-refractivity contribution in [2.75, 3.05) is 6.54 Å². The van der Waals surface area contributed by atoms with E-state index in [4.69, 9.17) is 0 Å². The number of carbonyl (C=O) groups excluding carboxylic acids is 2. The van der Waals surface area contributed by atoms with E-state index in [1.165, 1.54) is 12.4 Å². The van der Waals surface area contributed by atoms with Crippen LogP contribution in [0.2, 0.25) is 0 Å². The SMILES string of the molecule is O=C1C[C@@H]2[C@@H](CCN2C(=O)c2ccnnc2)N1Cc1cccnc1.